The Morgan fingerprint density at radius 2 is 1.96 bits per heavy atom. The Kier molecular flexibility index (Phi) is 5.51. The highest BCUT2D eigenvalue weighted by molar-refractivity contribution is 5.85. The van der Waals surface area contributed by atoms with Gasteiger partial charge in [-0.1, -0.05) is 61.0 Å². The van der Waals surface area contributed by atoms with Crippen molar-refractivity contribution in [3.8, 4) is 5.75 Å². The van der Waals surface area contributed by atoms with Crippen molar-refractivity contribution in [2.24, 2.45) is 0 Å². The average molecular weight is 356 g/mol. The summed E-state index contributed by atoms with van der Waals surface area (Å²) in [5, 5.41) is 9.88. The molecule has 1 aliphatic carbocycles. The molecule has 1 aliphatic heterocycles. The SMILES string of the molecule is Cl.Oc1cccc(C23CCCC(C2)N(C/C=C/c2ccccc2)C3)c1. The minimum atomic E-state index is 0. The van der Waals surface area contributed by atoms with E-state index in [1.165, 1.54) is 36.8 Å². The van der Waals surface area contributed by atoms with Crippen LogP contribution in [0.1, 0.15) is 36.8 Å². The molecule has 3 heteroatoms. The molecule has 25 heavy (non-hydrogen) atoms. The lowest BCUT2D eigenvalue weighted by Gasteiger charge is -2.32. The predicted octanol–water partition coefficient (Wildman–Crippen LogP) is 5.02. The van der Waals surface area contributed by atoms with E-state index in [0.29, 0.717) is 11.8 Å². The minimum Gasteiger partial charge on any atom is -0.508 e. The third kappa shape index (κ3) is 3.75. The van der Waals surface area contributed by atoms with Crippen LogP contribution in [0.25, 0.3) is 6.08 Å². The van der Waals surface area contributed by atoms with E-state index in [4.69, 9.17) is 0 Å². The van der Waals surface area contributed by atoms with Crippen LogP contribution in [0.3, 0.4) is 0 Å². The highest BCUT2D eigenvalue weighted by Gasteiger charge is 2.47. The van der Waals surface area contributed by atoms with Gasteiger partial charge < -0.3 is 5.11 Å². The van der Waals surface area contributed by atoms with Crippen molar-refractivity contribution in [3.05, 3.63) is 71.8 Å². The van der Waals surface area contributed by atoms with E-state index in [2.05, 4.69) is 53.5 Å². The van der Waals surface area contributed by atoms with Crippen molar-refractivity contribution < 1.29 is 5.11 Å². The first kappa shape index (κ1) is 18.0. The normalized spacial score (nSPS) is 25.8. The Balaban J connectivity index is 0.00000182. The number of fused-ring (bicyclic) bond motifs is 2. The molecule has 2 unspecified atom stereocenters. The highest BCUT2D eigenvalue weighted by Crippen LogP contribution is 2.47. The van der Waals surface area contributed by atoms with Gasteiger partial charge >= 0.3 is 0 Å². The number of hydrogen-bond donors (Lipinski definition) is 1. The number of hydrogen-bond acceptors (Lipinski definition) is 2. The minimum absolute atomic E-state index is 0. The van der Waals surface area contributed by atoms with Gasteiger partial charge in [-0.3, -0.25) is 4.90 Å². The molecule has 0 radical (unpaired) electrons. The highest BCUT2D eigenvalue weighted by atomic mass is 35.5. The van der Waals surface area contributed by atoms with E-state index in [1.807, 2.05) is 12.1 Å². The predicted molar refractivity (Wildman–Crippen MR) is 106 cm³/mol. The molecule has 4 rings (SSSR count). The smallest absolute Gasteiger partial charge is 0.115 e. The number of halogens is 1. The molecule has 2 aromatic rings. The lowest BCUT2D eigenvalue weighted by Crippen LogP contribution is -2.30. The van der Waals surface area contributed by atoms with E-state index >= 15 is 0 Å². The van der Waals surface area contributed by atoms with Gasteiger partial charge in [-0.15, -0.1) is 12.4 Å². The molecule has 1 heterocycles. The van der Waals surface area contributed by atoms with Gasteiger partial charge in [0.1, 0.15) is 5.75 Å². The molecule has 132 valence electrons. The van der Waals surface area contributed by atoms with Gasteiger partial charge in [-0.2, -0.15) is 0 Å². The third-order valence-electron chi connectivity index (χ3n) is 5.75. The van der Waals surface area contributed by atoms with Crippen LogP contribution in [-0.2, 0) is 5.41 Å². The molecule has 2 bridgehead atoms. The molecule has 2 nitrogen and oxygen atoms in total. The van der Waals surface area contributed by atoms with Gasteiger partial charge in [0.2, 0.25) is 0 Å². The quantitative estimate of drug-likeness (QED) is 0.832. The van der Waals surface area contributed by atoms with Crippen LogP contribution in [0, 0.1) is 0 Å². The number of phenols is 1. The molecule has 0 spiro atoms. The van der Waals surface area contributed by atoms with Crippen LogP contribution in [0.5, 0.6) is 5.75 Å². The maximum absolute atomic E-state index is 9.88. The summed E-state index contributed by atoms with van der Waals surface area (Å²) in [5.41, 5.74) is 2.83. The maximum Gasteiger partial charge on any atom is 0.115 e. The maximum atomic E-state index is 9.88. The first-order chi connectivity index (χ1) is 11.8. The Bertz CT molecular complexity index is 730. The standard InChI is InChI=1S/C22H25NO.ClH/c24-21-12-4-10-19(15-21)22-13-5-11-20(16-22)23(17-22)14-6-9-18-7-2-1-3-8-18;/h1-4,6-10,12,15,20,24H,5,11,13-14,16-17H2;1H/b9-6+;. The lowest BCUT2D eigenvalue weighted by atomic mass is 9.71. The van der Waals surface area contributed by atoms with Gasteiger partial charge in [0.25, 0.3) is 0 Å². The van der Waals surface area contributed by atoms with Gasteiger partial charge in [-0.25, -0.2) is 0 Å². The largest absolute Gasteiger partial charge is 0.508 e. The molecule has 0 amide bonds. The van der Waals surface area contributed by atoms with E-state index in [1.54, 1.807) is 6.07 Å². The van der Waals surface area contributed by atoms with Crippen molar-refractivity contribution in [3.63, 3.8) is 0 Å². The topological polar surface area (TPSA) is 23.5 Å². The molecular weight excluding hydrogens is 330 g/mol. The molecule has 0 aromatic heterocycles. The summed E-state index contributed by atoms with van der Waals surface area (Å²) in [6.07, 6.45) is 9.59. The fourth-order valence-electron chi connectivity index (χ4n) is 4.60. The fraction of sp³-hybridized carbons (Fsp3) is 0.364. The number of nitrogens with zero attached hydrogens (tertiary/aromatic N) is 1. The Labute approximate surface area is 156 Å². The van der Waals surface area contributed by atoms with Gasteiger partial charge in [-0.05, 0) is 42.5 Å². The molecule has 2 fully saturated rings. The summed E-state index contributed by atoms with van der Waals surface area (Å²) in [7, 11) is 0. The van der Waals surface area contributed by atoms with Crippen LogP contribution >= 0.6 is 12.4 Å². The van der Waals surface area contributed by atoms with Crippen LogP contribution in [0.4, 0.5) is 0 Å². The lowest BCUT2D eigenvalue weighted by molar-refractivity contribution is 0.269. The average Bonchev–Trinajstić information content (AvgIpc) is 2.87. The summed E-state index contributed by atoms with van der Waals surface area (Å²) in [5.74, 6) is 0.395. The summed E-state index contributed by atoms with van der Waals surface area (Å²) < 4.78 is 0. The van der Waals surface area contributed by atoms with Crippen molar-refractivity contribution in [2.45, 2.75) is 37.1 Å². The van der Waals surface area contributed by atoms with Crippen molar-refractivity contribution in [1.29, 1.82) is 0 Å². The summed E-state index contributed by atoms with van der Waals surface area (Å²) in [4.78, 5) is 2.64. The summed E-state index contributed by atoms with van der Waals surface area (Å²) >= 11 is 0. The van der Waals surface area contributed by atoms with Crippen LogP contribution in [0.2, 0.25) is 0 Å². The van der Waals surface area contributed by atoms with Gasteiger partial charge in [0.05, 0.1) is 0 Å². The second-order valence-corrected chi connectivity index (χ2v) is 7.32. The molecule has 2 aliphatic rings. The van der Waals surface area contributed by atoms with Crippen LogP contribution in [0.15, 0.2) is 60.7 Å². The Morgan fingerprint density at radius 3 is 2.76 bits per heavy atom. The second-order valence-electron chi connectivity index (χ2n) is 7.32. The first-order valence-corrected chi connectivity index (χ1v) is 9.00. The van der Waals surface area contributed by atoms with E-state index in [-0.39, 0.29) is 17.8 Å². The van der Waals surface area contributed by atoms with E-state index in [9.17, 15) is 5.11 Å². The zero-order chi connectivity index (χ0) is 16.4. The van der Waals surface area contributed by atoms with E-state index in [0.717, 1.165) is 13.1 Å². The zero-order valence-electron chi connectivity index (χ0n) is 14.5. The third-order valence-corrected chi connectivity index (χ3v) is 5.75. The van der Waals surface area contributed by atoms with Gasteiger partial charge in [0.15, 0.2) is 0 Å². The molecule has 1 saturated heterocycles. The Hall–Kier alpha value is -1.77. The van der Waals surface area contributed by atoms with Crippen molar-refractivity contribution >= 4 is 18.5 Å². The van der Waals surface area contributed by atoms with Gasteiger partial charge in [0, 0.05) is 24.5 Å². The number of likely N-dealkylation sites (tertiary alicyclic amines) is 1. The fourth-order valence-corrected chi connectivity index (χ4v) is 4.60. The number of rotatable bonds is 4. The number of benzene rings is 2. The zero-order valence-corrected chi connectivity index (χ0v) is 15.3. The molecule has 2 aromatic carbocycles. The number of phenolic OH excluding ortho intramolecular Hbond substituents is 1. The Morgan fingerprint density at radius 1 is 1.12 bits per heavy atom. The molecule has 1 N–H and O–H groups in total. The van der Waals surface area contributed by atoms with Crippen LogP contribution in [-0.4, -0.2) is 29.1 Å². The first-order valence-electron chi connectivity index (χ1n) is 9.00. The molecular formula is C22H26ClNO. The molecule has 1 saturated carbocycles. The second kappa shape index (κ2) is 7.63. The van der Waals surface area contributed by atoms with Crippen LogP contribution < -0.4 is 0 Å². The summed E-state index contributed by atoms with van der Waals surface area (Å²) in [6, 6.07) is 19.1. The van der Waals surface area contributed by atoms with E-state index < -0.39 is 0 Å². The monoisotopic (exact) mass is 355 g/mol. The van der Waals surface area contributed by atoms with Crippen molar-refractivity contribution in [1.82, 2.24) is 4.90 Å². The van der Waals surface area contributed by atoms with Crippen molar-refractivity contribution in [2.75, 3.05) is 13.1 Å². The summed E-state index contributed by atoms with van der Waals surface area (Å²) in [6.45, 7) is 2.13. The molecule has 2 atom stereocenters. The number of aromatic hydroxyl groups is 1.